The first-order valence-corrected chi connectivity index (χ1v) is 6.56. The molecule has 0 spiro atoms. The maximum Gasteiger partial charge on any atom is 0.321 e. The second kappa shape index (κ2) is 6.73. The first-order chi connectivity index (χ1) is 9.72. The molecule has 0 saturated carbocycles. The molecule has 4 heteroatoms. The van der Waals surface area contributed by atoms with Gasteiger partial charge in [0.15, 0.2) is 0 Å². The second-order valence-corrected chi connectivity index (χ2v) is 4.54. The summed E-state index contributed by atoms with van der Waals surface area (Å²) >= 11 is 0. The Hall–Kier alpha value is -2.33. The van der Waals surface area contributed by atoms with Crippen LogP contribution in [0, 0.1) is 0 Å². The molecular formula is C16H19N3O. The van der Waals surface area contributed by atoms with E-state index in [-0.39, 0.29) is 6.03 Å². The van der Waals surface area contributed by atoms with Crippen LogP contribution in [0.3, 0.4) is 0 Å². The monoisotopic (exact) mass is 269 g/mol. The lowest BCUT2D eigenvalue weighted by atomic mass is 10.1. The number of nitrogens with zero attached hydrogens (tertiary/aromatic N) is 1. The van der Waals surface area contributed by atoms with Gasteiger partial charge in [0.1, 0.15) is 0 Å². The molecule has 0 aliphatic carbocycles. The van der Waals surface area contributed by atoms with Gasteiger partial charge in [-0.1, -0.05) is 48.5 Å². The molecule has 0 heterocycles. The number of hydrogen-bond donors (Lipinski definition) is 2. The van der Waals surface area contributed by atoms with E-state index in [0.717, 1.165) is 16.8 Å². The molecule has 3 N–H and O–H groups in total. The summed E-state index contributed by atoms with van der Waals surface area (Å²) in [6.45, 7) is 0.918. The van der Waals surface area contributed by atoms with Gasteiger partial charge in [-0.05, 0) is 17.2 Å². The Balaban J connectivity index is 2.02. The standard InChI is InChI=1S/C16H19N3O/c1-19(15-10-6-5-9-14(15)11-17)16(20)18-12-13-7-3-2-4-8-13/h2-10H,11-12,17H2,1H3,(H,18,20). The molecule has 2 aromatic carbocycles. The molecule has 0 aromatic heterocycles. The Morgan fingerprint density at radius 2 is 1.75 bits per heavy atom. The Morgan fingerprint density at radius 1 is 1.10 bits per heavy atom. The smallest absolute Gasteiger partial charge is 0.321 e. The highest BCUT2D eigenvalue weighted by molar-refractivity contribution is 5.92. The molecule has 0 atom stereocenters. The zero-order valence-corrected chi connectivity index (χ0v) is 11.5. The van der Waals surface area contributed by atoms with Crippen LogP contribution in [0.15, 0.2) is 54.6 Å². The van der Waals surface area contributed by atoms with Gasteiger partial charge in [0.25, 0.3) is 0 Å². The van der Waals surface area contributed by atoms with Gasteiger partial charge in [0, 0.05) is 25.8 Å². The molecule has 0 bridgehead atoms. The summed E-state index contributed by atoms with van der Waals surface area (Å²) in [5.74, 6) is 0. The zero-order chi connectivity index (χ0) is 14.4. The van der Waals surface area contributed by atoms with Crippen molar-refractivity contribution < 1.29 is 4.79 Å². The Labute approximate surface area is 119 Å². The van der Waals surface area contributed by atoms with Gasteiger partial charge >= 0.3 is 6.03 Å². The van der Waals surface area contributed by atoms with Crippen LogP contribution in [-0.2, 0) is 13.1 Å². The summed E-state index contributed by atoms with van der Waals surface area (Å²) in [6, 6.07) is 17.3. The summed E-state index contributed by atoms with van der Waals surface area (Å²) < 4.78 is 0. The fourth-order valence-corrected chi connectivity index (χ4v) is 2.01. The topological polar surface area (TPSA) is 58.4 Å². The Morgan fingerprint density at radius 3 is 2.45 bits per heavy atom. The number of rotatable bonds is 4. The van der Waals surface area contributed by atoms with Crippen molar-refractivity contribution in [3.63, 3.8) is 0 Å². The predicted octanol–water partition coefficient (Wildman–Crippen LogP) is 2.49. The van der Waals surface area contributed by atoms with E-state index in [9.17, 15) is 4.79 Å². The number of nitrogens with two attached hydrogens (primary N) is 1. The summed E-state index contributed by atoms with van der Waals surface area (Å²) in [6.07, 6.45) is 0. The lowest BCUT2D eigenvalue weighted by Crippen LogP contribution is -2.37. The van der Waals surface area contributed by atoms with Gasteiger partial charge < -0.3 is 11.1 Å². The van der Waals surface area contributed by atoms with Crippen LogP contribution in [-0.4, -0.2) is 13.1 Å². The molecule has 0 unspecified atom stereocenters. The molecule has 2 amide bonds. The highest BCUT2D eigenvalue weighted by Crippen LogP contribution is 2.18. The molecule has 0 saturated heterocycles. The van der Waals surface area contributed by atoms with E-state index in [1.54, 1.807) is 11.9 Å². The molecule has 0 aliphatic heterocycles. The third-order valence-corrected chi connectivity index (χ3v) is 3.16. The van der Waals surface area contributed by atoms with E-state index in [0.29, 0.717) is 13.1 Å². The summed E-state index contributed by atoms with van der Waals surface area (Å²) in [7, 11) is 1.74. The normalized spacial score (nSPS) is 10.1. The second-order valence-electron chi connectivity index (χ2n) is 4.54. The van der Waals surface area contributed by atoms with E-state index in [4.69, 9.17) is 5.73 Å². The van der Waals surface area contributed by atoms with Crippen molar-refractivity contribution in [2.75, 3.05) is 11.9 Å². The van der Waals surface area contributed by atoms with Crippen molar-refractivity contribution in [2.45, 2.75) is 13.1 Å². The average Bonchev–Trinajstić information content (AvgIpc) is 2.52. The number of nitrogens with one attached hydrogen (secondary N) is 1. The SMILES string of the molecule is CN(C(=O)NCc1ccccc1)c1ccccc1CN. The van der Waals surface area contributed by atoms with E-state index >= 15 is 0 Å². The van der Waals surface area contributed by atoms with E-state index in [2.05, 4.69) is 5.32 Å². The van der Waals surface area contributed by atoms with Gasteiger partial charge in [-0.15, -0.1) is 0 Å². The molecule has 0 radical (unpaired) electrons. The van der Waals surface area contributed by atoms with Gasteiger partial charge in [-0.2, -0.15) is 0 Å². The third kappa shape index (κ3) is 3.36. The largest absolute Gasteiger partial charge is 0.334 e. The minimum absolute atomic E-state index is 0.144. The molecule has 2 rings (SSSR count). The van der Waals surface area contributed by atoms with Crippen molar-refractivity contribution in [3.05, 3.63) is 65.7 Å². The first-order valence-electron chi connectivity index (χ1n) is 6.56. The highest BCUT2D eigenvalue weighted by Gasteiger charge is 2.12. The van der Waals surface area contributed by atoms with Crippen molar-refractivity contribution in [3.8, 4) is 0 Å². The Bertz CT molecular complexity index is 569. The van der Waals surface area contributed by atoms with Crippen molar-refractivity contribution in [1.82, 2.24) is 5.32 Å². The van der Waals surface area contributed by atoms with Crippen LogP contribution in [0.25, 0.3) is 0 Å². The number of benzene rings is 2. The van der Waals surface area contributed by atoms with E-state index in [1.165, 1.54) is 0 Å². The molecular weight excluding hydrogens is 250 g/mol. The van der Waals surface area contributed by atoms with Crippen LogP contribution in [0.2, 0.25) is 0 Å². The number of para-hydroxylation sites is 1. The first kappa shape index (κ1) is 14.1. The highest BCUT2D eigenvalue weighted by atomic mass is 16.2. The maximum atomic E-state index is 12.2. The lowest BCUT2D eigenvalue weighted by molar-refractivity contribution is 0.247. The maximum absolute atomic E-state index is 12.2. The summed E-state index contributed by atoms with van der Waals surface area (Å²) in [5.41, 5.74) is 8.55. The van der Waals surface area contributed by atoms with Gasteiger partial charge in [0.05, 0.1) is 0 Å². The van der Waals surface area contributed by atoms with E-state index < -0.39 is 0 Å². The molecule has 4 nitrogen and oxygen atoms in total. The van der Waals surface area contributed by atoms with Gasteiger partial charge in [-0.25, -0.2) is 4.79 Å². The van der Waals surface area contributed by atoms with Crippen LogP contribution < -0.4 is 16.0 Å². The molecule has 0 fully saturated rings. The number of anilines is 1. The fraction of sp³-hybridized carbons (Fsp3) is 0.188. The minimum atomic E-state index is -0.144. The average molecular weight is 269 g/mol. The van der Waals surface area contributed by atoms with Crippen LogP contribution in [0.1, 0.15) is 11.1 Å². The summed E-state index contributed by atoms with van der Waals surface area (Å²) in [5, 5.41) is 2.89. The molecule has 2 aromatic rings. The predicted molar refractivity (Wildman–Crippen MR) is 81.4 cm³/mol. The van der Waals surface area contributed by atoms with Crippen LogP contribution in [0.4, 0.5) is 10.5 Å². The number of urea groups is 1. The van der Waals surface area contributed by atoms with Crippen molar-refractivity contribution in [1.29, 1.82) is 0 Å². The number of amides is 2. The summed E-state index contributed by atoms with van der Waals surface area (Å²) in [4.78, 5) is 13.7. The fourth-order valence-electron chi connectivity index (χ4n) is 2.01. The van der Waals surface area contributed by atoms with Crippen LogP contribution >= 0.6 is 0 Å². The van der Waals surface area contributed by atoms with Gasteiger partial charge in [-0.3, -0.25) is 4.90 Å². The molecule has 0 aliphatic rings. The lowest BCUT2D eigenvalue weighted by Gasteiger charge is -2.20. The number of carbonyl (C=O) groups excluding carboxylic acids is 1. The van der Waals surface area contributed by atoms with Crippen LogP contribution in [0.5, 0.6) is 0 Å². The molecule has 104 valence electrons. The van der Waals surface area contributed by atoms with E-state index in [1.807, 2.05) is 54.6 Å². The minimum Gasteiger partial charge on any atom is -0.334 e. The number of hydrogen-bond acceptors (Lipinski definition) is 2. The Kier molecular flexibility index (Phi) is 4.74. The molecule has 20 heavy (non-hydrogen) atoms. The van der Waals surface area contributed by atoms with Gasteiger partial charge in [0.2, 0.25) is 0 Å². The van der Waals surface area contributed by atoms with Crippen molar-refractivity contribution >= 4 is 11.7 Å². The quantitative estimate of drug-likeness (QED) is 0.896. The third-order valence-electron chi connectivity index (χ3n) is 3.16. The zero-order valence-electron chi connectivity index (χ0n) is 11.5. The number of carbonyl (C=O) groups is 1. The van der Waals surface area contributed by atoms with Crippen molar-refractivity contribution in [2.24, 2.45) is 5.73 Å².